The molecule has 0 spiro atoms. The molecule has 0 unspecified atom stereocenters. The van der Waals surface area contributed by atoms with Crippen molar-refractivity contribution >= 4 is 39.3 Å². The number of fused-ring (bicyclic) bond motifs is 1. The first-order valence-electron chi connectivity index (χ1n) is 11.2. The zero-order chi connectivity index (χ0) is 25.4. The molecule has 2 aromatic heterocycles. The summed E-state index contributed by atoms with van der Waals surface area (Å²) in [7, 11) is 0. The minimum Gasteiger partial charge on any atom is -0.508 e. The molecule has 182 valence electrons. The van der Waals surface area contributed by atoms with E-state index >= 15 is 0 Å². The molecule has 0 saturated heterocycles. The van der Waals surface area contributed by atoms with Gasteiger partial charge in [-0.25, -0.2) is 9.79 Å². The van der Waals surface area contributed by atoms with Gasteiger partial charge in [0.1, 0.15) is 23.3 Å². The number of thiazole rings is 1. The molecule has 4 aromatic rings. The number of carbonyl (C=O) groups excluding carboxylic acids is 1. The molecule has 0 fully saturated rings. The second-order valence-electron chi connectivity index (χ2n) is 8.11. The number of phenolic OH excluding ortho intramolecular Hbond substituents is 1. The summed E-state index contributed by atoms with van der Waals surface area (Å²) in [4.78, 5) is 31.7. The molecule has 0 aliphatic carbocycles. The highest BCUT2D eigenvalue weighted by Gasteiger charge is 2.35. The Balaban J connectivity index is 1.69. The van der Waals surface area contributed by atoms with E-state index in [0.29, 0.717) is 32.1 Å². The Morgan fingerprint density at radius 1 is 1.22 bits per heavy atom. The SMILES string of the molecule is CCOC(=O)C1=C(C)N=c2s/c(=C\c3cccc(O)c3)c(=O)n2[C@@H]1c1ccc(-c2ccc(Br)cc2)o1. The maximum absolute atomic E-state index is 13.6. The zero-order valence-electron chi connectivity index (χ0n) is 19.4. The number of allylic oxidation sites excluding steroid dienone is 1. The van der Waals surface area contributed by atoms with Crippen LogP contribution in [0.5, 0.6) is 5.75 Å². The number of phenols is 1. The molecule has 1 atom stereocenters. The molecule has 0 saturated carbocycles. The van der Waals surface area contributed by atoms with Gasteiger partial charge < -0.3 is 14.3 Å². The lowest BCUT2D eigenvalue weighted by molar-refractivity contribution is -0.139. The smallest absolute Gasteiger partial charge is 0.338 e. The van der Waals surface area contributed by atoms with E-state index in [1.165, 1.54) is 15.9 Å². The second-order valence-corrected chi connectivity index (χ2v) is 10.0. The topological polar surface area (TPSA) is 94.0 Å². The number of carbonyl (C=O) groups is 1. The number of aromatic hydroxyl groups is 1. The van der Waals surface area contributed by atoms with Crippen LogP contribution in [0, 0.1) is 0 Å². The van der Waals surface area contributed by atoms with Crippen molar-refractivity contribution in [2.45, 2.75) is 19.9 Å². The second kappa shape index (κ2) is 9.75. The molecule has 1 aliphatic heterocycles. The molecule has 5 rings (SSSR count). The molecule has 9 heteroatoms. The van der Waals surface area contributed by atoms with E-state index in [2.05, 4.69) is 20.9 Å². The minimum atomic E-state index is -0.837. The molecule has 2 aromatic carbocycles. The molecule has 1 N–H and O–H groups in total. The van der Waals surface area contributed by atoms with Crippen molar-refractivity contribution in [3.8, 4) is 17.1 Å². The first-order chi connectivity index (χ1) is 17.4. The summed E-state index contributed by atoms with van der Waals surface area (Å²) in [5, 5.41) is 9.81. The van der Waals surface area contributed by atoms with Gasteiger partial charge >= 0.3 is 5.97 Å². The van der Waals surface area contributed by atoms with E-state index in [1.54, 1.807) is 50.3 Å². The number of hydrogen-bond acceptors (Lipinski definition) is 7. The number of esters is 1. The van der Waals surface area contributed by atoms with Crippen LogP contribution in [0.3, 0.4) is 0 Å². The van der Waals surface area contributed by atoms with Crippen LogP contribution in [-0.2, 0) is 9.53 Å². The van der Waals surface area contributed by atoms with Gasteiger partial charge in [0.05, 0.1) is 22.4 Å². The molecule has 1 aliphatic rings. The number of rotatable bonds is 5. The van der Waals surface area contributed by atoms with E-state index in [0.717, 1.165) is 10.0 Å². The van der Waals surface area contributed by atoms with Gasteiger partial charge in [0.2, 0.25) is 0 Å². The predicted octanol–water partition coefficient (Wildman–Crippen LogP) is 4.53. The average Bonchev–Trinajstić information content (AvgIpc) is 3.44. The van der Waals surface area contributed by atoms with Crippen molar-refractivity contribution in [1.82, 2.24) is 4.57 Å². The average molecular weight is 565 g/mol. The van der Waals surface area contributed by atoms with Crippen molar-refractivity contribution in [2.24, 2.45) is 4.99 Å². The number of hydrogen-bond donors (Lipinski definition) is 1. The molecule has 0 amide bonds. The summed E-state index contributed by atoms with van der Waals surface area (Å²) in [5.74, 6) is 0.589. The normalized spacial score (nSPS) is 15.5. The quantitative estimate of drug-likeness (QED) is 0.359. The van der Waals surface area contributed by atoms with Crippen LogP contribution in [0.2, 0.25) is 0 Å². The highest BCUT2D eigenvalue weighted by molar-refractivity contribution is 9.10. The van der Waals surface area contributed by atoms with Gasteiger partial charge in [0, 0.05) is 10.0 Å². The predicted molar refractivity (Wildman–Crippen MR) is 140 cm³/mol. The number of aromatic nitrogens is 1. The van der Waals surface area contributed by atoms with Crippen molar-refractivity contribution in [3.05, 3.63) is 107 Å². The number of halogens is 1. The summed E-state index contributed by atoms with van der Waals surface area (Å²) >= 11 is 4.64. The molecule has 7 nitrogen and oxygen atoms in total. The van der Waals surface area contributed by atoms with Gasteiger partial charge in [0.25, 0.3) is 5.56 Å². The lowest BCUT2D eigenvalue weighted by Crippen LogP contribution is -2.39. The minimum absolute atomic E-state index is 0.103. The summed E-state index contributed by atoms with van der Waals surface area (Å²) in [5.41, 5.74) is 1.94. The van der Waals surface area contributed by atoms with Crippen LogP contribution in [0.1, 0.15) is 31.2 Å². The van der Waals surface area contributed by atoms with Crippen LogP contribution in [0.4, 0.5) is 0 Å². The van der Waals surface area contributed by atoms with Crippen molar-refractivity contribution in [2.75, 3.05) is 6.61 Å². The first-order valence-corrected chi connectivity index (χ1v) is 12.8. The summed E-state index contributed by atoms with van der Waals surface area (Å²) in [6.07, 6.45) is 1.69. The van der Waals surface area contributed by atoms with Gasteiger partial charge in [-0.15, -0.1) is 0 Å². The Labute approximate surface area is 218 Å². The fourth-order valence-corrected chi connectivity index (χ4v) is 5.41. The number of benzene rings is 2. The van der Waals surface area contributed by atoms with Crippen LogP contribution >= 0.6 is 27.3 Å². The van der Waals surface area contributed by atoms with Gasteiger partial charge in [-0.1, -0.05) is 51.5 Å². The number of ether oxygens (including phenoxy) is 1. The third-order valence-corrected chi connectivity index (χ3v) is 7.22. The summed E-state index contributed by atoms with van der Waals surface area (Å²) in [6, 6.07) is 17.0. The number of furan rings is 1. The third kappa shape index (κ3) is 4.47. The van der Waals surface area contributed by atoms with E-state index in [-0.39, 0.29) is 23.5 Å². The van der Waals surface area contributed by atoms with Crippen molar-refractivity contribution < 1.29 is 19.1 Å². The highest BCUT2D eigenvalue weighted by Crippen LogP contribution is 2.34. The van der Waals surface area contributed by atoms with Gasteiger partial charge in [0.15, 0.2) is 4.80 Å². The lowest BCUT2D eigenvalue weighted by atomic mass is 10.0. The highest BCUT2D eigenvalue weighted by atomic mass is 79.9. The summed E-state index contributed by atoms with van der Waals surface area (Å²) < 4.78 is 14.4. The Hall–Kier alpha value is -3.69. The van der Waals surface area contributed by atoms with Crippen molar-refractivity contribution in [3.63, 3.8) is 0 Å². The fourth-order valence-electron chi connectivity index (χ4n) is 4.10. The number of nitrogens with zero attached hydrogens (tertiary/aromatic N) is 2. The Kier molecular flexibility index (Phi) is 6.51. The Morgan fingerprint density at radius 2 is 2.00 bits per heavy atom. The molecule has 3 heterocycles. The van der Waals surface area contributed by atoms with Crippen LogP contribution in [0.25, 0.3) is 17.4 Å². The van der Waals surface area contributed by atoms with E-state index in [4.69, 9.17) is 9.15 Å². The molecule has 0 radical (unpaired) electrons. The van der Waals surface area contributed by atoms with Gasteiger partial charge in [-0.3, -0.25) is 9.36 Å². The molecular weight excluding hydrogens is 544 g/mol. The van der Waals surface area contributed by atoms with E-state index in [9.17, 15) is 14.7 Å². The van der Waals surface area contributed by atoms with Gasteiger partial charge in [-0.2, -0.15) is 0 Å². The Bertz CT molecular complexity index is 1680. The Morgan fingerprint density at radius 3 is 2.72 bits per heavy atom. The van der Waals surface area contributed by atoms with Crippen LogP contribution < -0.4 is 14.9 Å². The van der Waals surface area contributed by atoms with Crippen molar-refractivity contribution in [1.29, 1.82) is 0 Å². The largest absolute Gasteiger partial charge is 0.508 e. The summed E-state index contributed by atoms with van der Waals surface area (Å²) in [6.45, 7) is 3.64. The molecular formula is C27H21BrN2O5S. The monoisotopic (exact) mass is 564 g/mol. The maximum atomic E-state index is 13.6. The maximum Gasteiger partial charge on any atom is 0.338 e. The van der Waals surface area contributed by atoms with Crippen LogP contribution in [0.15, 0.2) is 90.6 Å². The zero-order valence-corrected chi connectivity index (χ0v) is 21.8. The van der Waals surface area contributed by atoms with Crippen LogP contribution in [-0.4, -0.2) is 22.2 Å². The van der Waals surface area contributed by atoms with E-state index < -0.39 is 12.0 Å². The third-order valence-electron chi connectivity index (χ3n) is 5.71. The fraction of sp³-hybridized carbons (Fsp3) is 0.148. The lowest BCUT2D eigenvalue weighted by Gasteiger charge is -2.22. The first kappa shape index (κ1) is 24.0. The van der Waals surface area contributed by atoms with Gasteiger partial charge in [-0.05, 0) is 61.9 Å². The standard InChI is InChI=1S/C27H21BrN2O5S/c1-3-34-26(33)23-15(2)29-27-30(25(32)22(36-27)14-16-5-4-6-19(31)13-16)24(23)21-12-11-20(35-21)17-7-9-18(28)10-8-17/h4-14,24,31H,3H2,1-2H3/b22-14-/t24-/m1/s1. The van der Waals surface area contributed by atoms with E-state index in [1.807, 2.05) is 30.3 Å². The molecule has 36 heavy (non-hydrogen) atoms. The molecule has 0 bridgehead atoms.